The van der Waals surface area contributed by atoms with Crippen LogP contribution >= 0.6 is 0 Å². The molecule has 1 aliphatic rings. The molecule has 0 spiro atoms. The van der Waals surface area contributed by atoms with Crippen molar-refractivity contribution in [2.24, 2.45) is 0 Å². The molecule has 116 valence electrons. The van der Waals surface area contributed by atoms with E-state index in [0.717, 1.165) is 12.8 Å². The van der Waals surface area contributed by atoms with Crippen LogP contribution in [-0.4, -0.2) is 63.2 Å². The average molecular weight is 289 g/mol. The van der Waals surface area contributed by atoms with Gasteiger partial charge < -0.3 is 25.0 Å². The summed E-state index contributed by atoms with van der Waals surface area (Å²) in [6.45, 7) is 4.93. The number of carboxylic acids is 1. The normalized spacial score (nSPS) is 30.0. The molecule has 3 unspecified atom stereocenters. The van der Waals surface area contributed by atoms with E-state index in [1.165, 1.54) is 0 Å². The van der Waals surface area contributed by atoms with E-state index in [0.29, 0.717) is 13.1 Å². The summed E-state index contributed by atoms with van der Waals surface area (Å²) in [7, 11) is 0. The van der Waals surface area contributed by atoms with Crippen molar-refractivity contribution < 1.29 is 29.6 Å². The fourth-order valence-corrected chi connectivity index (χ4v) is 2.35. The second-order valence-electron chi connectivity index (χ2n) is 5.11. The van der Waals surface area contributed by atoms with Gasteiger partial charge in [0.25, 0.3) is 11.7 Å². The van der Waals surface area contributed by atoms with Crippen LogP contribution in [0.2, 0.25) is 0 Å². The van der Waals surface area contributed by atoms with Gasteiger partial charge in [-0.15, -0.1) is 0 Å². The number of rotatable bonds is 6. The molecule has 0 aromatic heterocycles. The molecule has 0 saturated carbocycles. The summed E-state index contributed by atoms with van der Waals surface area (Å²) in [5.74, 6) is -4.47. The number of carbonyl (C=O) groups is 2. The number of hydrogen-bond acceptors (Lipinski definition) is 5. The van der Waals surface area contributed by atoms with Gasteiger partial charge >= 0.3 is 5.97 Å². The van der Waals surface area contributed by atoms with Crippen LogP contribution in [0.25, 0.3) is 0 Å². The lowest BCUT2D eigenvalue weighted by Crippen LogP contribution is -2.56. The number of amides is 1. The zero-order chi connectivity index (χ0) is 15.3. The number of aliphatic carboxylic acids is 1. The minimum absolute atomic E-state index is 0.00164. The molecule has 1 amide bonds. The van der Waals surface area contributed by atoms with Crippen molar-refractivity contribution >= 4 is 11.9 Å². The fraction of sp³-hybridized carbons (Fsp3) is 0.846. The van der Waals surface area contributed by atoms with Gasteiger partial charge in [-0.05, 0) is 12.8 Å². The molecule has 0 bridgehead atoms. The van der Waals surface area contributed by atoms with Gasteiger partial charge in [-0.1, -0.05) is 13.8 Å². The molecule has 1 saturated heterocycles. The lowest BCUT2D eigenvalue weighted by atomic mass is 9.97. The first kappa shape index (κ1) is 16.9. The van der Waals surface area contributed by atoms with E-state index < -0.39 is 30.4 Å². The summed E-state index contributed by atoms with van der Waals surface area (Å²) in [6, 6.07) is 0. The van der Waals surface area contributed by atoms with Crippen molar-refractivity contribution in [1.82, 2.24) is 4.90 Å². The molecule has 1 fully saturated rings. The first-order valence-electron chi connectivity index (χ1n) is 6.94. The minimum Gasteiger partial charge on any atom is -0.477 e. The molecule has 1 rings (SSSR count). The summed E-state index contributed by atoms with van der Waals surface area (Å²) in [5.41, 5.74) is 0. The van der Waals surface area contributed by atoms with Crippen LogP contribution in [-0.2, 0) is 14.3 Å². The Balaban J connectivity index is 2.82. The predicted octanol–water partition coefficient (Wildman–Crippen LogP) is -0.0519. The monoisotopic (exact) mass is 289 g/mol. The molecular weight excluding hydrogens is 266 g/mol. The van der Waals surface area contributed by atoms with Gasteiger partial charge in [0.2, 0.25) is 0 Å². The second kappa shape index (κ2) is 7.01. The van der Waals surface area contributed by atoms with E-state index in [1.54, 1.807) is 4.90 Å². The van der Waals surface area contributed by atoms with Crippen molar-refractivity contribution in [3.05, 3.63) is 0 Å². The van der Waals surface area contributed by atoms with Gasteiger partial charge in [0.15, 0.2) is 0 Å². The number of aliphatic hydroxyl groups excluding tert-OH is 1. The van der Waals surface area contributed by atoms with Crippen LogP contribution < -0.4 is 0 Å². The van der Waals surface area contributed by atoms with Crippen molar-refractivity contribution in [2.45, 2.75) is 57.5 Å². The molecule has 0 aromatic rings. The van der Waals surface area contributed by atoms with E-state index in [1.807, 2.05) is 13.8 Å². The summed E-state index contributed by atoms with van der Waals surface area (Å²) in [5, 5.41) is 28.5. The Morgan fingerprint density at radius 2 is 1.85 bits per heavy atom. The molecule has 0 aliphatic carbocycles. The zero-order valence-corrected chi connectivity index (χ0v) is 11.9. The first-order valence-corrected chi connectivity index (χ1v) is 6.94. The fourth-order valence-electron chi connectivity index (χ4n) is 2.35. The molecular formula is C13H23NO6. The zero-order valence-electron chi connectivity index (χ0n) is 11.9. The third kappa shape index (κ3) is 3.91. The van der Waals surface area contributed by atoms with Crippen molar-refractivity contribution in [3.8, 4) is 0 Å². The van der Waals surface area contributed by atoms with Crippen LogP contribution in [0.3, 0.4) is 0 Å². The number of ether oxygens (including phenoxy) is 1. The number of carbonyl (C=O) groups excluding carboxylic acids is 1. The number of carboxylic acid groups (broad SMARTS) is 1. The smallest absolute Gasteiger partial charge is 0.364 e. The van der Waals surface area contributed by atoms with Gasteiger partial charge in [0.1, 0.15) is 6.10 Å². The van der Waals surface area contributed by atoms with E-state index in [4.69, 9.17) is 9.84 Å². The highest BCUT2D eigenvalue weighted by Crippen LogP contribution is 2.28. The van der Waals surface area contributed by atoms with Gasteiger partial charge in [-0.3, -0.25) is 4.79 Å². The molecule has 1 aliphatic heterocycles. The lowest BCUT2D eigenvalue weighted by Gasteiger charge is -2.37. The Labute approximate surface area is 118 Å². The van der Waals surface area contributed by atoms with Gasteiger partial charge in [-0.2, -0.15) is 0 Å². The summed E-state index contributed by atoms with van der Waals surface area (Å²) < 4.78 is 5.05. The van der Waals surface area contributed by atoms with Crippen molar-refractivity contribution in [2.75, 3.05) is 13.1 Å². The Morgan fingerprint density at radius 3 is 2.30 bits per heavy atom. The van der Waals surface area contributed by atoms with Crippen LogP contribution in [0.5, 0.6) is 0 Å². The molecule has 0 aromatic carbocycles. The average Bonchev–Trinajstić information content (AvgIpc) is 2.36. The molecule has 20 heavy (non-hydrogen) atoms. The Morgan fingerprint density at radius 1 is 1.30 bits per heavy atom. The summed E-state index contributed by atoms with van der Waals surface area (Å²) >= 11 is 0. The standard InChI is InChI=1S/C13H23NO6/c1-3-5-14(6-4-2)11(16)10-7-9(15)8-13(19,20-10)12(17)18/h9-10,15,19H,3-8H2,1-2H3,(H,17,18). The van der Waals surface area contributed by atoms with E-state index in [-0.39, 0.29) is 12.3 Å². The highest BCUT2D eigenvalue weighted by Gasteiger charge is 2.48. The van der Waals surface area contributed by atoms with E-state index >= 15 is 0 Å². The van der Waals surface area contributed by atoms with E-state index in [9.17, 15) is 19.8 Å². The quantitative estimate of drug-likeness (QED) is 0.633. The Bertz CT molecular complexity index is 355. The van der Waals surface area contributed by atoms with Crippen molar-refractivity contribution in [1.29, 1.82) is 0 Å². The van der Waals surface area contributed by atoms with Gasteiger partial charge in [0, 0.05) is 25.9 Å². The maximum absolute atomic E-state index is 12.3. The first-order chi connectivity index (χ1) is 9.34. The minimum atomic E-state index is -2.50. The molecule has 3 N–H and O–H groups in total. The van der Waals surface area contributed by atoms with E-state index in [2.05, 4.69) is 0 Å². The second-order valence-corrected chi connectivity index (χ2v) is 5.11. The predicted molar refractivity (Wildman–Crippen MR) is 69.9 cm³/mol. The number of aliphatic hydroxyl groups is 2. The highest BCUT2D eigenvalue weighted by molar-refractivity contribution is 5.82. The molecule has 1 heterocycles. The van der Waals surface area contributed by atoms with Gasteiger partial charge in [-0.25, -0.2) is 4.79 Å². The third-order valence-corrected chi connectivity index (χ3v) is 3.24. The lowest BCUT2D eigenvalue weighted by molar-refractivity contribution is -0.268. The highest BCUT2D eigenvalue weighted by atomic mass is 16.7. The molecule has 3 atom stereocenters. The van der Waals surface area contributed by atoms with Gasteiger partial charge in [0.05, 0.1) is 6.10 Å². The largest absolute Gasteiger partial charge is 0.477 e. The van der Waals surface area contributed by atoms with Crippen molar-refractivity contribution in [3.63, 3.8) is 0 Å². The number of hydrogen-bond donors (Lipinski definition) is 3. The maximum Gasteiger partial charge on any atom is 0.364 e. The summed E-state index contributed by atoms with van der Waals surface area (Å²) in [6.07, 6.45) is -1.11. The van der Waals surface area contributed by atoms with Crippen LogP contribution in [0.15, 0.2) is 0 Å². The molecule has 7 heteroatoms. The van der Waals surface area contributed by atoms with Crippen LogP contribution in [0.1, 0.15) is 39.5 Å². The Kier molecular flexibility index (Phi) is 5.91. The van der Waals surface area contributed by atoms with Crippen LogP contribution in [0, 0.1) is 0 Å². The maximum atomic E-state index is 12.3. The molecule has 0 radical (unpaired) electrons. The topological polar surface area (TPSA) is 107 Å². The molecule has 7 nitrogen and oxygen atoms in total. The number of nitrogens with zero attached hydrogens (tertiary/aromatic N) is 1. The Hall–Kier alpha value is -1.18. The SMILES string of the molecule is CCCN(CCC)C(=O)C1CC(O)CC(O)(C(=O)O)O1. The third-order valence-electron chi connectivity index (χ3n) is 3.24. The van der Waals surface area contributed by atoms with Crippen LogP contribution in [0.4, 0.5) is 0 Å². The summed E-state index contributed by atoms with van der Waals surface area (Å²) in [4.78, 5) is 24.9.